The fourth-order valence-electron chi connectivity index (χ4n) is 4.00. The number of likely N-dealkylation sites (tertiary alicyclic amines) is 1. The molecule has 0 amide bonds. The van der Waals surface area contributed by atoms with Crippen molar-refractivity contribution in [1.82, 2.24) is 10.2 Å². The first-order valence-electron chi connectivity index (χ1n) is 8.82. The Morgan fingerprint density at radius 3 is 2.95 bits per heavy atom. The van der Waals surface area contributed by atoms with Gasteiger partial charge in [0, 0.05) is 19.1 Å². The molecule has 2 heterocycles. The zero-order chi connectivity index (χ0) is 15.5. The maximum atomic E-state index is 5.98. The number of hydrogen-bond acceptors (Lipinski definition) is 3. The molecule has 3 rings (SSSR count). The van der Waals surface area contributed by atoms with Crippen molar-refractivity contribution in [2.24, 2.45) is 5.92 Å². The number of rotatable bonds is 5. The highest BCUT2D eigenvalue weighted by atomic mass is 16.5. The summed E-state index contributed by atoms with van der Waals surface area (Å²) in [6.45, 7) is 12.2. The van der Waals surface area contributed by atoms with E-state index in [0.717, 1.165) is 30.9 Å². The Hall–Kier alpha value is -1.06. The van der Waals surface area contributed by atoms with E-state index in [4.69, 9.17) is 4.74 Å². The molecule has 1 aromatic carbocycles. The van der Waals surface area contributed by atoms with Crippen molar-refractivity contribution in [3.8, 4) is 5.75 Å². The van der Waals surface area contributed by atoms with Crippen molar-refractivity contribution in [3.63, 3.8) is 0 Å². The number of piperidine rings is 1. The van der Waals surface area contributed by atoms with Gasteiger partial charge in [-0.3, -0.25) is 4.90 Å². The van der Waals surface area contributed by atoms with Crippen LogP contribution in [0, 0.1) is 12.8 Å². The summed E-state index contributed by atoms with van der Waals surface area (Å²) in [5.41, 5.74) is 2.76. The van der Waals surface area contributed by atoms with E-state index in [2.05, 4.69) is 49.2 Å². The highest BCUT2D eigenvalue weighted by Crippen LogP contribution is 2.25. The standard InChI is InChI=1S/C19H30N2O/c1-14(2)18-5-4-17(12-15(18)3)22-11-10-21-9-7-19-16(13-21)6-8-20-19/h4-5,12,14,16,19-20H,6-11,13H2,1-3H3. The molecule has 0 spiro atoms. The summed E-state index contributed by atoms with van der Waals surface area (Å²) < 4.78 is 5.98. The molecule has 3 nitrogen and oxygen atoms in total. The molecular formula is C19H30N2O. The predicted octanol–water partition coefficient (Wildman–Crippen LogP) is 3.18. The molecule has 0 saturated carbocycles. The number of hydrogen-bond donors (Lipinski definition) is 1. The van der Waals surface area contributed by atoms with Crippen molar-refractivity contribution >= 4 is 0 Å². The van der Waals surface area contributed by atoms with E-state index < -0.39 is 0 Å². The van der Waals surface area contributed by atoms with Gasteiger partial charge in [-0.05, 0) is 68.0 Å². The number of nitrogens with one attached hydrogen (secondary N) is 1. The summed E-state index contributed by atoms with van der Waals surface area (Å²) in [4.78, 5) is 2.57. The van der Waals surface area contributed by atoms with Crippen LogP contribution in [0.1, 0.15) is 43.7 Å². The zero-order valence-electron chi connectivity index (χ0n) is 14.3. The van der Waals surface area contributed by atoms with Crippen LogP contribution in [0.15, 0.2) is 18.2 Å². The van der Waals surface area contributed by atoms with Crippen molar-refractivity contribution in [3.05, 3.63) is 29.3 Å². The number of nitrogens with zero attached hydrogens (tertiary/aromatic N) is 1. The van der Waals surface area contributed by atoms with Gasteiger partial charge < -0.3 is 10.1 Å². The lowest BCUT2D eigenvalue weighted by Crippen LogP contribution is -2.45. The first kappa shape index (κ1) is 15.8. The van der Waals surface area contributed by atoms with Gasteiger partial charge >= 0.3 is 0 Å². The molecule has 2 saturated heterocycles. The van der Waals surface area contributed by atoms with E-state index in [-0.39, 0.29) is 0 Å². The molecule has 0 radical (unpaired) electrons. The smallest absolute Gasteiger partial charge is 0.119 e. The lowest BCUT2D eigenvalue weighted by Gasteiger charge is -2.34. The van der Waals surface area contributed by atoms with Crippen molar-refractivity contribution in [2.45, 2.75) is 45.6 Å². The van der Waals surface area contributed by atoms with Crippen LogP contribution >= 0.6 is 0 Å². The topological polar surface area (TPSA) is 24.5 Å². The van der Waals surface area contributed by atoms with Crippen LogP contribution in [0.3, 0.4) is 0 Å². The molecule has 3 heteroatoms. The van der Waals surface area contributed by atoms with E-state index in [1.807, 2.05) is 0 Å². The van der Waals surface area contributed by atoms with Gasteiger partial charge in [0.15, 0.2) is 0 Å². The minimum absolute atomic E-state index is 0.579. The summed E-state index contributed by atoms with van der Waals surface area (Å²) in [7, 11) is 0. The first-order chi connectivity index (χ1) is 10.6. The van der Waals surface area contributed by atoms with Crippen LogP contribution in [0.5, 0.6) is 5.75 Å². The minimum atomic E-state index is 0.579. The van der Waals surface area contributed by atoms with Crippen LogP contribution in [-0.2, 0) is 0 Å². The quantitative estimate of drug-likeness (QED) is 0.904. The Labute approximate surface area is 135 Å². The maximum Gasteiger partial charge on any atom is 0.119 e. The van der Waals surface area contributed by atoms with Gasteiger partial charge in [-0.25, -0.2) is 0 Å². The molecule has 122 valence electrons. The molecule has 2 aliphatic heterocycles. The Kier molecular flexibility index (Phi) is 5.04. The van der Waals surface area contributed by atoms with Gasteiger partial charge in [-0.1, -0.05) is 19.9 Å². The largest absolute Gasteiger partial charge is 0.492 e. The molecule has 1 aromatic rings. The van der Waals surface area contributed by atoms with Crippen molar-refractivity contribution in [1.29, 1.82) is 0 Å². The molecule has 0 aromatic heterocycles. The van der Waals surface area contributed by atoms with E-state index in [9.17, 15) is 0 Å². The van der Waals surface area contributed by atoms with Crippen LogP contribution in [0.2, 0.25) is 0 Å². The van der Waals surface area contributed by atoms with Crippen molar-refractivity contribution < 1.29 is 4.74 Å². The molecule has 2 atom stereocenters. The highest BCUT2D eigenvalue weighted by molar-refractivity contribution is 5.36. The van der Waals surface area contributed by atoms with Gasteiger partial charge in [0.1, 0.15) is 12.4 Å². The third-order valence-corrected chi connectivity index (χ3v) is 5.28. The lowest BCUT2D eigenvalue weighted by atomic mass is 9.93. The molecule has 0 aliphatic carbocycles. The summed E-state index contributed by atoms with van der Waals surface area (Å²) in [5.74, 6) is 2.45. The predicted molar refractivity (Wildman–Crippen MR) is 91.7 cm³/mol. The van der Waals surface area contributed by atoms with Crippen molar-refractivity contribution in [2.75, 3.05) is 32.8 Å². The second-order valence-corrected chi connectivity index (χ2v) is 7.22. The Morgan fingerprint density at radius 1 is 1.32 bits per heavy atom. The molecule has 1 N–H and O–H groups in total. The summed E-state index contributed by atoms with van der Waals surface area (Å²) in [6.07, 6.45) is 2.64. The molecule has 2 unspecified atom stereocenters. The average Bonchev–Trinajstić information content (AvgIpc) is 2.94. The van der Waals surface area contributed by atoms with Crippen LogP contribution in [0.4, 0.5) is 0 Å². The number of ether oxygens (including phenoxy) is 1. The third kappa shape index (κ3) is 3.64. The molecule has 2 aliphatic rings. The SMILES string of the molecule is Cc1cc(OCCN2CCC3NCCC3C2)ccc1C(C)C. The fourth-order valence-corrected chi connectivity index (χ4v) is 4.00. The van der Waals surface area contributed by atoms with Gasteiger partial charge in [0.25, 0.3) is 0 Å². The minimum Gasteiger partial charge on any atom is -0.492 e. The van der Waals surface area contributed by atoms with Crippen LogP contribution in [-0.4, -0.2) is 43.7 Å². The van der Waals surface area contributed by atoms with E-state index in [1.54, 1.807) is 0 Å². The molecule has 0 bridgehead atoms. The zero-order valence-corrected chi connectivity index (χ0v) is 14.3. The Morgan fingerprint density at radius 2 is 2.18 bits per heavy atom. The van der Waals surface area contributed by atoms with Crippen LogP contribution in [0.25, 0.3) is 0 Å². The van der Waals surface area contributed by atoms with E-state index in [0.29, 0.717) is 5.92 Å². The monoisotopic (exact) mass is 302 g/mol. The molecular weight excluding hydrogens is 272 g/mol. The van der Waals surface area contributed by atoms with Gasteiger partial charge in [-0.15, -0.1) is 0 Å². The summed E-state index contributed by atoms with van der Waals surface area (Å²) >= 11 is 0. The second-order valence-electron chi connectivity index (χ2n) is 7.22. The summed E-state index contributed by atoms with van der Waals surface area (Å²) in [5, 5.41) is 3.62. The maximum absolute atomic E-state index is 5.98. The Bertz CT molecular complexity index is 500. The molecule has 22 heavy (non-hydrogen) atoms. The normalized spacial score (nSPS) is 25.5. The second kappa shape index (κ2) is 7.01. The summed E-state index contributed by atoms with van der Waals surface area (Å²) in [6, 6.07) is 7.30. The Balaban J connectivity index is 1.46. The van der Waals surface area contributed by atoms with Gasteiger partial charge in [-0.2, -0.15) is 0 Å². The van der Waals surface area contributed by atoms with Crippen LogP contribution < -0.4 is 10.1 Å². The van der Waals surface area contributed by atoms with Gasteiger partial charge in [0.05, 0.1) is 0 Å². The van der Waals surface area contributed by atoms with E-state index >= 15 is 0 Å². The highest BCUT2D eigenvalue weighted by Gasteiger charge is 2.32. The lowest BCUT2D eigenvalue weighted by molar-refractivity contribution is 0.138. The number of fused-ring (bicyclic) bond motifs is 1. The number of benzene rings is 1. The third-order valence-electron chi connectivity index (χ3n) is 5.28. The van der Waals surface area contributed by atoms with Gasteiger partial charge in [0.2, 0.25) is 0 Å². The first-order valence-corrected chi connectivity index (χ1v) is 8.82. The molecule has 2 fully saturated rings. The fraction of sp³-hybridized carbons (Fsp3) is 0.684. The number of aryl methyl sites for hydroxylation is 1. The average molecular weight is 302 g/mol. The van der Waals surface area contributed by atoms with E-state index in [1.165, 1.54) is 43.6 Å².